The van der Waals surface area contributed by atoms with Gasteiger partial charge in [0.2, 0.25) is 0 Å². The number of hydrogen-bond donors (Lipinski definition) is 0. The summed E-state index contributed by atoms with van der Waals surface area (Å²) in [7, 11) is 1.21. The van der Waals surface area contributed by atoms with Crippen LogP contribution in [0.15, 0.2) is 0 Å². The van der Waals surface area contributed by atoms with Crippen molar-refractivity contribution in [2.45, 2.75) is 44.5 Å². The minimum atomic E-state index is -1.64. The highest BCUT2D eigenvalue weighted by atomic mass is 79.9. The Morgan fingerprint density at radius 2 is 2.05 bits per heavy atom. The van der Waals surface area contributed by atoms with Crippen LogP contribution < -0.4 is 0 Å². The Morgan fingerprint density at radius 3 is 2.47 bits per heavy atom. The molecule has 0 N–H and O–H groups in total. The molecular weight excluding hydrogens is 321 g/mol. The molecule has 1 saturated heterocycles. The van der Waals surface area contributed by atoms with Crippen LogP contribution in [0.1, 0.15) is 27.2 Å². The van der Waals surface area contributed by atoms with Gasteiger partial charge in [0, 0.05) is 11.8 Å². The lowest BCUT2D eigenvalue weighted by molar-refractivity contribution is -0.145. The van der Waals surface area contributed by atoms with Crippen LogP contribution >= 0.6 is 15.9 Å². The van der Waals surface area contributed by atoms with Crippen molar-refractivity contribution in [1.82, 2.24) is 4.90 Å². The van der Waals surface area contributed by atoms with Gasteiger partial charge in [-0.25, -0.2) is 14.0 Å². The largest absolute Gasteiger partial charge is 0.467 e. The molecule has 2 atom stereocenters. The zero-order chi connectivity index (χ0) is 14.8. The van der Waals surface area contributed by atoms with Crippen LogP contribution in [0.3, 0.4) is 0 Å². The Bertz CT molecular complexity index is 371. The number of nitrogens with zero attached hydrogens (tertiary/aromatic N) is 1. The number of halogens is 2. The molecule has 110 valence electrons. The number of alkyl halides is 2. The molecule has 0 radical (unpaired) electrons. The molecule has 1 unspecified atom stereocenters. The minimum Gasteiger partial charge on any atom is -0.467 e. The van der Waals surface area contributed by atoms with E-state index in [1.165, 1.54) is 7.11 Å². The Labute approximate surface area is 120 Å². The van der Waals surface area contributed by atoms with Crippen LogP contribution in [0.2, 0.25) is 0 Å². The summed E-state index contributed by atoms with van der Waals surface area (Å²) in [6.07, 6.45) is -0.798. The van der Waals surface area contributed by atoms with Gasteiger partial charge in [0.1, 0.15) is 17.3 Å². The molecule has 0 aromatic carbocycles. The lowest BCUT2D eigenvalue weighted by Gasteiger charge is -2.27. The fourth-order valence-electron chi connectivity index (χ4n) is 1.89. The van der Waals surface area contributed by atoms with Crippen molar-refractivity contribution in [2.75, 3.05) is 19.0 Å². The van der Waals surface area contributed by atoms with Crippen molar-refractivity contribution in [3.05, 3.63) is 0 Å². The van der Waals surface area contributed by atoms with Crippen molar-refractivity contribution in [1.29, 1.82) is 0 Å². The van der Waals surface area contributed by atoms with E-state index in [1.807, 2.05) is 0 Å². The van der Waals surface area contributed by atoms with Crippen LogP contribution in [0, 0.1) is 0 Å². The Morgan fingerprint density at radius 1 is 1.47 bits per heavy atom. The first kappa shape index (κ1) is 16.2. The molecule has 0 aromatic rings. The zero-order valence-corrected chi connectivity index (χ0v) is 13.1. The molecule has 0 aromatic heterocycles. The summed E-state index contributed by atoms with van der Waals surface area (Å²) in [4.78, 5) is 24.7. The third-order valence-electron chi connectivity index (χ3n) is 2.73. The monoisotopic (exact) mass is 339 g/mol. The van der Waals surface area contributed by atoms with E-state index >= 15 is 0 Å². The van der Waals surface area contributed by atoms with Gasteiger partial charge in [-0.1, -0.05) is 15.9 Å². The molecule has 1 aliphatic heterocycles. The first-order valence-corrected chi connectivity index (χ1v) is 7.06. The van der Waals surface area contributed by atoms with Crippen molar-refractivity contribution >= 4 is 28.0 Å². The molecule has 1 fully saturated rings. The maximum absolute atomic E-state index is 14.3. The first-order chi connectivity index (χ1) is 8.62. The molecule has 1 amide bonds. The van der Waals surface area contributed by atoms with Crippen LogP contribution in [0.25, 0.3) is 0 Å². The van der Waals surface area contributed by atoms with Crippen molar-refractivity contribution in [3.8, 4) is 0 Å². The normalized spacial score (nSPS) is 27.3. The number of carbonyl (C=O) groups is 2. The highest BCUT2D eigenvalue weighted by Gasteiger charge is 2.50. The van der Waals surface area contributed by atoms with Gasteiger partial charge in [-0.3, -0.25) is 4.90 Å². The van der Waals surface area contributed by atoms with E-state index < -0.39 is 29.4 Å². The predicted octanol–water partition coefficient (Wildman–Crippen LogP) is 2.27. The van der Waals surface area contributed by atoms with Gasteiger partial charge in [-0.2, -0.15) is 0 Å². The number of carbonyl (C=O) groups excluding carboxylic acids is 2. The Balaban J connectivity index is 2.89. The van der Waals surface area contributed by atoms with E-state index in [0.717, 1.165) is 4.90 Å². The van der Waals surface area contributed by atoms with Gasteiger partial charge >= 0.3 is 12.1 Å². The summed E-state index contributed by atoms with van der Waals surface area (Å²) < 4.78 is 24.1. The number of amides is 1. The number of ether oxygens (including phenoxy) is 2. The molecule has 5 nitrogen and oxygen atoms in total. The number of rotatable bonds is 2. The zero-order valence-electron chi connectivity index (χ0n) is 11.5. The second-order valence-corrected chi connectivity index (χ2v) is 6.20. The molecule has 0 saturated carbocycles. The summed E-state index contributed by atoms with van der Waals surface area (Å²) in [5.41, 5.74) is -2.34. The molecule has 0 spiro atoms. The SMILES string of the molecule is COC(=O)C1C[C@@](F)(CBr)CN1C(=O)OC(C)(C)C. The van der Waals surface area contributed by atoms with Crippen LogP contribution in [0.4, 0.5) is 9.18 Å². The second kappa shape index (κ2) is 5.64. The average molecular weight is 340 g/mol. The molecular formula is C12H19BrFNO4. The number of methoxy groups -OCH3 is 1. The molecule has 1 rings (SSSR count). The summed E-state index contributed by atoms with van der Waals surface area (Å²) in [6.45, 7) is 4.94. The quantitative estimate of drug-likeness (QED) is 0.572. The average Bonchev–Trinajstić information content (AvgIpc) is 2.65. The molecule has 0 bridgehead atoms. The highest BCUT2D eigenvalue weighted by molar-refractivity contribution is 9.09. The van der Waals surface area contributed by atoms with E-state index in [0.29, 0.717) is 0 Å². The van der Waals surface area contributed by atoms with Gasteiger partial charge in [-0.05, 0) is 20.8 Å². The van der Waals surface area contributed by atoms with E-state index in [9.17, 15) is 14.0 Å². The van der Waals surface area contributed by atoms with E-state index in [2.05, 4.69) is 20.7 Å². The highest BCUT2D eigenvalue weighted by Crippen LogP contribution is 2.33. The molecule has 0 aliphatic carbocycles. The Kier molecular flexibility index (Phi) is 4.81. The van der Waals surface area contributed by atoms with Crippen molar-refractivity contribution in [2.24, 2.45) is 0 Å². The maximum atomic E-state index is 14.3. The fourth-order valence-corrected chi connectivity index (χ4v) is 2.30. The summed E-state index contributed by atoms with van der Waals surface area (Å²) in [5.74, 6) is -0.633. The molecule has 7 heteroatoms. The second-order valence-electron chi connectivity index (χ2n) is 5.64. The van der Waals surface area contributed by atoms with E-state index in [4.69, 9.17) is 4.74 Å². The van der Waals surface area contributed by atoms with Crippen molar-refractivity contribution in [3.63, 3.8) is 0 Å². The lowest BCUT2D eigenvalue weighted by atomic mass is 10.1. The minimum absolute atomic E-state index is 0.0484. The lowest BCUT2D eigenvalue weighted by Crippen LogP contribution is -2.44. The molecule has 19 heavy (non-hydrogen) atoms. The summed E-state index contributed by atoms with van der Waals surface area (Å²) in [6, 6.07) is -0.942. The molecule has 1 heterocycles. The van der Waals surface area contributed by atoms with Gasteiger partial charge < -0.3 is 9.47 Å². The summed E-state index contributed by atoms with van der Waals surface area (Å²) in [5, 5.41) is 0.0484. The first-order valence-electron chi connectivity index (χ1n) is 5.94. The van der Waals surface area contributed by atoms with E-state index in [-0.39, 0.29) is 18.3 Å². The molecule has 1 aliphatic rings. The third kappa shape index (κ3) is 4.06. The smallest absolute Gasteiger partial charge is 0.411 e. The van der Waals surface area contributed by atoms with Crippen molar-refractivity contribution < 1.29 is 23.5 Å². The van der Waals surface area contributed by atoms with Gasteiger partial charge in [0.05, 0.1) is 13.7 Å². The van der Waals surface area contributed by atoms with Crippen LogP contribution in [0.5, 0.6) is 0 Å². The predicted molar refractivity (Wildman–Crippen MR) is 71.0 cm³/mol. The fraction of sp³-hybridized carbons (Fsp3) is 0.833. The third-order valence-corrected chi connectivity index (χ3v) is 3.73. The number of likely N-dealkylation sites (tertiary alicyclic amines) is 1. The topological polar surface area (TPSA) is 55.8 Å². The van der Waals surface area contributed by atoms with Gasteiger partial charge in [0.25, 0.3) is 0 Å². The number of esters is 1. The van der Waals surface area contributed by atoms with Gasteiger partial charge in [0.15, 0.2) is 0 Å². The van der Waals surface area contributed by atoms with Crippen LogP contribution in [-0.2, 0) is 14.3 Å². The van der Waals surface area contributed by atoms with Gasteiger partial charge in [-0.15, -0.1) is 0 Å². The van der Waals surface area contributed by atoms with Crippen LogP contribution in [-0.4, -0.2) is 53.3 Å². The standard InChI is InChI=1S/C12H19BrFNO4/c1-11(2,3)19-10(17)15-7-12(14,6-13)5-8(15)9(16)18-4/h8H,5-7H2,1-4H3/t8?,12-/m1/s1. The van der Waals surface area contributed by atoms with E-state index in [1.54, 1.807) is 20.8 Å². The summed E-state index contributed by atoms with van der Waals surface area (Å²) >= 11 is 3.06. The maximum Gasteiger partial charge on any atom is 0.411 e. The Hall–Kier alpha value is -0.850. The number of hydrogen-bond acceptors (Lipinski definition) is 4.